The van der Waals surface area contributed by atoms with Gasteiger partial charge >= 0.3 is 0 Å². The number of carbonyl (C=O) groups is 1. The Hall–Kier alpha value is -0.480. The second-order valence-electron chi connectivity index (χ2n) is 6.19. The zero-order valence-electron chi connectivity index (χ0n) is 12.5. The minimum atomic E-state index is 0. The van der Waals surface area contributed by atoms with Crippen LogP contribution in [0.3, 0.4) is 0 Å². The monoisotopic (exact) mass is 362 g/mol. The van der Waals surface area contributed by atoms with Crippen LogP contribution < -0.4 is 5.32 Å². The normalized spacial score (nSPS) is 26.4. The summed E-state index contributed by atoms with van der Waals surface area (Å²) in [6.07, 6.45) is 5.01. The average molecular weight is 364 g/mol. The number of nitrogens with one attached hydrogen (secondary N) is 1. The van der Waals surface area contributed by atoms with Crippen LogP contribution >= 0.6 is 35.6 Å². The lowest BCUT2D eigenvalue weighted by Gasteiger charge is -2.35. The molecule has 0 radical (unpaired) electrons. The summed E-state index contributed by atoms with van der Waals surface area (Å²) in [6.45, 7) is 0. The number of rotatable bonds is 3. The molecule has 2 unspecified atom stereocenters. The van der Waals surface area contributed by atoms with Gasteiger partial charge in [0.2, 0.25) is 5.91 Å². The van der Waals surface area contributed by atoms with Crippen molar-refractivity contribution in [3.8, 4) is 0 Å². The van der Waals surface area contributed by atoms with E-state index in [0.29, 0.717) is 34.6 Å². The molecule has 6 heteroatoms. The van der Waals surface area contributed by atoms with Crippen LogP contribution in [0.25, 0.3) is 0 Å². The van der Waals surface area contributed by atoms with Crippen LogP contribution in [-0.4, -0.2) is 36.0 Å². The predicted octanol–water partition coefficient (Wildman–Crippen LogP) is 3.70. The van der Waals surface area contributed by atoms with Crippen molar-refractivity contribution in [1.29, 1.82) is 0 Å². The van der Waals surface area contributed by atoms with E-state index >= 15 is 0 Å². The molecule has 0 saturated carbocycles. The van der Waals surface area contributed by atoms with Gasteiger partial charge in [-0.05, 0) is 43.4 Å². The molecule has 2 saturated heterocycles. The third-order valence-electron chi connectivity index (χ3n) is 4.73. The third kappa shape index (κ3) is 3.88. The van der Waals surface area contributed by atoms with Crippen molar-refractivity contribution >= 4 is 41.5 Å². The van der Waals surface area contributed by atoms with E-state index in [4.69, 9.17) is 23.2 Å². The first kappa shape index (κ1) is 17.9. The number of hydrogen-bond acceptors (Lipinski definition) is 2. The number of carbonyl (C=O) groups excluding carboxylic acids is 1. The molecular formula is C16H21Cl3N2O. The number of hydrogen-bond donors (Lipinski definition) is 1. The van der Waals surface area contributed by atoms with Crippen LogP contribution in [0.2, 0.25) is 10.0 Å². The minimum absolute atomic E-state index is 0. The molecule has 2 fully saturated rings. The highest BCUT2D eigenvalue weighted by molar-refractivity contribution is 6.42. The molecule has 2 aliphatic heterocycles. The zero-order chi connectivity index (χ0) is 15.0. The van der Waals surface area contributed by atoms with E-state index in [2.05, 4.69) is 5.32 Å². The molecule has 1 amide bonds. The van der Waals surface area contributed by atoms with Crippen molar-refractivity contribution in [3.63, 3.8) is 0 Å². The van der Waals surface area contributed by atoms with Gasteiger partial charge in [0.1, 0.15) is 0 Å². The Bertz CT molecular complexity index is 540. The SMILES string of the molecule is CN(C(=O)Cc1ccc(Cl)c(Cl)c1)C1CC2CCC(C1)N2.Cl. The molecule has 22 heavy (non-hydrogen) atoms. The van der Waals surface area contributed by atoms with Gasteiger partial charge in [-0.2, -0.15) is 0 Å². The number of halogens is 3. The van der Waals surface area contributed by atoms with Crippen molar-refractivity contribution in [2.45, 2.75) is 50.2 Å². The van der Waals surface area contributed by atoms with Gasteiger partial charge in [0.05, 0.1) is 16.5 Å². The molecule has 2 aliphatic rings. The molecule has 2 bridgehead atoms. The molecule has 1 aromatic carbocycles. The highest BCUT2D eigenvalue weighted by Gasteiger charge is 2.36. The summed E-state index contributed by atoms with van der Waals surface area (Å²) in [5.41, 5.74) is 0.915. The number of likely N-dealkylation sites (N-methyl/N-ethyl adjacent to an activating group) is 1. The molecule has 0 aromatic heterocycles. The Morgan fingerprint density at radius 1 is 1.23 bits per heavy atom. The van der Waals surface area contributed by atoms with Crippen molar-refractivity contribution in [3.05, 3.63) is 33.8 Å². The zero-order valence-corrected chi connectivity index (χ0v) is 14.8. The Labute approximate surface area is 147 Å². The topological polar surface area (TPSA) is 32.3 Å². The first-order chi connectivity index (χ1) is 10.0. The van der Waals surface area contributed by atoms with Crippen molar-refractivity contribution in [2.75, 3.05) is 7.05 Å². The molecular weight excluding hydrogens is 343 g/mol. The second-order valence-corrected chi connectivity index (χ2v) is 7.01. The van der Waals surface area contributed by atoms with Crippen LogP contribution in [0.15, 0.2) is 18.2 Å². The summed E-state index contributed by atoms with van der Waals surface area (Å²) < 4.78 is 0. The Kier molecular flexibility index (Phi) is 6.00. The first-order valence-electron chi connectivity index (χ1n) is 7.48. The van der Waals surface area contributed by atoms with Crippen LogP contribution in [0.4, 0.5) is 0 Å². The third-order valence-corrected chi connectivity index (χ3v) is 5.47. The summed E-state index contributed by atoms with van der Waals surface area (Å²) in [7, 11) is 1.93. The minimum Gasteiger partial charge on any atom is -0.342 e. The lowest BCUT2D eigenvalue weighted by Crippen LogP contribution is -2.49. The van der Waals surface area contributed by atoms with Gasteiger partial charge < -0.3 is 10.2 Å². The number of benzene rings is 1. The van der Waals surface area contributed by atoms with E-state index in [0.717, 1.165) is 18.4 Å². The van der Waals surface area contributed by atoms with E-state index in [1.807, 2.05) is 18.0 Å². The van der Waals surface area contributed by atoms with Gasteiger partial charge in [0.15, 0.2) is 0 Å². The molecule has 2 atom stereocenters. The average Bonchev–Trinajstić information content (AvgIpc) is 2.80. The van der Waals surface area contributed by atoms with Crippen LogP contribution in [-0.2, 0) is 11.2 Å². The summed E-state index contributed by atoms with van der Waals surface area (Å²) in [5, 5.41) is 4.64. The van der Waals surface area contributed by atoms with E-state index in [9.17, 15) is 4.79 Å². The fourth-order valence-electron chi connectivity index (χ4n) is 3.50. The largest absolute Gasteiger partial charge is 0.342 e. The van der Waals surface area contributed by atoms with Crippen LogP contribution in [0.1, 0.15) is 31.2 Å². The quantitative estimate of drug-likeness (QED) is 0.888. The van der Waals surface area contributed by atoms with Crippen molar-refractivity contribution < 1.29 is 4.79 Å². The molecule has 0 spiro atoms. The van der Waals surface area contributed by atoms with E-state index in [1.165, 1.54) is 12.8 Å². The highest BCUT2D eigenvalue weighted by atomic mass is 35.5. The second kappa shape index (κ2) is 7.39. The summed E-state index contributed by atoms with van der Waals surface area (Å²) in [6, 6.07) is 6.94. The molecule has 122 valence electrons. The van der Waals surface area contributed by atoms with E-state index in [-0.39, 0.29) is 18.3 Å². The molecule has 3 nitrogen and oxygen atoms in total. The Morgan fingerprint density at radius 3 is 2.45 bits per heavy atom. The van der Waals surface area contributed by atoms with Crippen LogP contribution in [0, 0.1) is 0 Å². The number of nitrogens with zero attached hydrogens (tertiary/aromatic N) is 1. The van der Waals surface area contributed by atoms with E-state index < -0.39 is 0 Å². The number of amides is 1. The number of fused-ring (bicyclic) bond motifs is 2. The molecule has 1 N–H and O–H groups in total. The van der Waals surface area contributed by atoms with Gasteiger partial charge in [-0.15, -0.1) is 12.4 Å². The van der Waals surface area contributed by atoms with E-state index in [1.54, 1.807) is 12.1 Å². The van der Waals surface area contributed by atoms with Gasteiger partial charge in [-0.25, -0.2) is 0 Å². The Morgan fingerprint density at radius 2 is 1.86 bits per heavy atom. The maximum Gasteiger partial charge on any atom is 0.226 e. The first-order valence-corrected chi connectivity index (χ1v) is 8.24. The number of piperidine rings is 1. The maximum absolute atomic E-state index is 12.5. The van der Waals surface area contributed by atoms with Crippen LogP contribution in [0.5, 0.6) is 0 Å². The van der Waals surface area contributed by atoms with Gasteiger partial charge in [-0.1, -0.05) is 29.3 Å². The lowest BCUT2D eigenvalue weighted by molar-refractivity contribution is -0.131. The fourth-order valence-corrected chi connectivity index (χ4v) is 3.82. The molecule has 3 rings (SSSR count). The predicted molar refractivity (Wildman–Crippen MR) is 93.2 cm³/mol. The summed E-state index contributed by atoms with van der Waals surface area (Å²) in [5.74, 6) is 0.152. The van der Waals surface area contributed by atoms with Crippen molar-refractivity contribution in [1.82, 2.24) is 10.2 Å². The van der Waals surface area contributed by atoms with Gasteiger partial charge in [-0.3, -0.25) is 4.79 Å². The fraction of sp³-hybridized carbons (Fsp3) is 0.562. The van der Waals surface area contributed by atoms with Crippen molar-refractivity contribution in [2.24, 2.45) is 0 Å². The standard InChI is InChI=1S/C16H20Cl2N2O.ClH/c1-20(13-8-11-3-4-12(9-13)19-11)16(21)7-10-2-5-14(17)15(18)6-10;/h2,5-6,11-13,19H,3-4,7-9H2,1H3;1H. The summed E-state index contributed by atoms with van der Waals surface area (Å²) in [4.78, 5) is 14.4. The lowest BCUT2D eigenvalue weighted by atomic mass is 9.98. The molecule has 1 aromatic rings. The highest BCUT2D eigenvalue weighted by Crippen LogP contribution is 2.29. The van der Waals surface area contributed by atoms with Gasteiger partial charge in [0.25, 0.3) is 0 Å². The summed E-state index contributed by atoms with van der Waals surface area (Å²) >= 11 is 11.9. The van der Waals surface area contributed by atoms with Gasteiger partial charge in [0, 0.05) is 25.2 Å². The molecule has 0 aliphatic carbocycles. The Balaban J connectivity index is 0.00000176. The maximum atomic E-state index is 12.5. The smallest absolute Gasteiger partial charge is 0.226 e. The molecule has 2 heterocycles.